The minimum atomic E-state index is -0.945. The number of fused-ring (bicyclic) bond motifs is 7. The lowest BCUT2D eigenvalue weighted by atomic mass is 9.32. The maximum atomic E-state index is 14.5. The van der Waals surface area contributed by atoms with Gasteiger partial charge in [-0.25, -0.2) is 0 Å². The van der Waals surface area contributed by atoms with Crippen LogP contribution in [0.1, 0.15) is 128 Å². The van der Waals surface area contributed by atoms with Crippen molar-refractivity contribution in [3.05, 3.63) is 47.5 Å². The van der Waals surface area contributed by atoms with Crippen molar-refractivity contribution in [3.63, 3.8) is 0 Å². The van der Waals surface area contributed by atoms with Gasteiger partial charge in [-0.1, -0.05) is 58.9 Å². The second-order valence-electron chi connectivity index (χ2n) is 18.3. The second kappa shape index (κ2) is 12.8. The minimum Gasteiger partial charge on any atom is -0.481 e. The van der Waals surface area contributed by atoms with E-state index in [1.165, 1.54) is 31.3 Å². The largest absolute Gasteiger partial charge is 0.481 e. The summed E-state index contributed by atoms with van der Waals surface area (Å²) in [6, 6.07) is 7.39. The molecular formula is C42H62N2O5. The Morgan fingerprint density at radius 3 is 2.33 bits per heavy atom. The third-order valence-electron chi connectivity index (χ3n) is 16.0. The summed E-state index contributed by atoms with van der Waals surface area (Å²) in [7, 11) is 0. The Kier molecular flexibility index (Phi) is 9.46. The van der Waals surface area contributed by atoms with Gasteiger partial charge in [0.2, 0.25) is 5.91 Å². The van der Waals surface area contributed by atoms with E-state index in [1.807, 2.05) is 18.2 Å². The van der Waals surface area contributed by atoms with Crippen LogP contribution < -0.4 is 10.6 Å². The number of hydrogen-bond acceptors (Lipinski definition) is 4. The van der Waals surface area contributed by atoms with E-state index in [4.69, 9.17) is 5.11 Å². The van der Waals surface area contributed by atoms with Crippen LogP contribution in [0.5, 0.6) is 0 Å². The zero-order valence-corrected chi connectivity index (χ0v) is 31.0. The van der Waals surface area contributed by atoms with Crippen LogP contribution >= 0.6 is 0 Å². The molecule has 0 bridgehead atoms. The van der Waals surface area contributed by atoms with E-state index < -0.39 is 5.97 Å². The number of amides is 2. The van der Waals surface area contributed by atoms with E-state index in [-0.39, 0.29) is 58.0 Å². The molecule has 270 valence electrons. The van der Waals surface area contributed by atoms with E-state index in [0.29, 0.717) is 48.1 Å². The highest BCUT2D eigenvalue weighted by atomic mass is 16.4. The van der Waals surface area contributed by atoms with Crippen LogP contribution in [0.15, 0.2) is 36.4 Å². The van der Waals surface area contributed by atoms with Gasteiger partial charge >= 0.3 is 5.97 Å². The zero-order chi connectivity index (χ0) is 35.6. The summed E-state index contributed by atoms with van der Waals surface area (Å²) in [4.78, 5) is 37.9. The first-order valence-electron chi connectivity index (χ1n) is 19.2. The van der Waals surface area contributed by atoms with Gasteiger partial charge in [0, 0.05) is 18.7 Å². The lowest BCUT2D eigenvalue weighted by molar-refractivity contribution is -0.246. The summed E-state index contributed by atoms with van der Waals surface area (Å²) in [5, 5.41) is 26.0. The topological polar surface area (TPSA) is 116 Å². The summed E-state index contributed by atoms with van der Waals surface area (Å²) in [5.41, 5.74) is 2.86. The van der Waals surface area contributed by atoms with Gasteiger partial charge in [0.05, 0.1) is 17.9 Å². The molecule has 7 nitrogen and oxygen atoms in total. The van der Waals surface area contributed by atoms with Crippen molar-refractivity contribution in [3.8, 4) is 0 Å². The fourth-order valence-corrected chi connectivity index (χ4v) is 13.3. The molecule has 5 aliphatic carbocycles. The van der Waals surface area contributed by atoms with E-state index in [1.54, 1.807) is 6.07 Å². The van der Waals surface area contributed by atoms with Gasteiger partial charge < -0.3 is 20.8 Å². The number of rotatable bonds is 9. The molecule has 4 N–H and O–H groups in total. The lowest BCUT2D eigenvalue weighted by Crippen LogP contribution is -2.67. The van der Waals surface area contributed by atoms with Crippen molar-refractivity contribution in [2.45, 2.75) is 125 Å². The van der Waals surface area contributed by atoms with E-state index in [2.05, 4.69) is 58.8 Å². The number of hydrogen-bond donors (Lipinski definition) is 4. The fraction of sp³-hybridized carbons (Fsp3) is 0.738. The molecule has 5 aliphatic rings. The fourth-order valence-electron chi connectivity index (χ4n) is 13.3. The number of aliphatic hydroxyl groups is 1. The predicted molar refractivity (Wildman–Crippen MR) is 193 cm³/mol. The third-order valence-corrected chi connectivity index (χ3v) is 16.0. The number of aliphatic carboxylic acids is 1. The van der Waals surface area contributed by atoms with Crippen molar-refractivity contribution >= 4 is 17.8 Å². The van der Waals surface area contributed by atoms with Crippen LogP contribution in [0.2, 0.25) is 0 Å². The van der Waals surface area contributed by atoms with Crippen LogP contribution in [-0.4, -0.2) is 47.2 Å². The average molecular weight is 675 g/mol. The molecular weight excluding hydrogens is 612 g/mol. The first-order chi connectivity index (χ1) is 23.0. The molecule has 0 heterocycles. The van der Waals surface area contributed by atoms with Crippen LogP contribution in [0.25, 0.3) is 0 Å². The first-order valence-corrected chi connectivity index (χ1v) is 19.2. The molecule has 0 spiro atoms. The molecule has 1 aromatic carbocycles. The Balaban J connectivity index is 1.19. The Morgan fingerprint density at radius 1 is 0.857 bits per heavy atom. The SMILES string of the molecule is C=C(C)C1CCC2(C(=O)NCCc3cccc(C(=O)NCCC(=O)O)c3)CC[C@]3(C)C(CCC4C5(C)CCC(O)C(C)(C)C5CCC43C)C12. The van der Waals surface area contributed by atoms with Gasteiger partial charge in [-0.3, -0.25) is 14.4 Å². The molecule has 5 saturated carbocycles. The summed E-state index contributed by atoms with van der Waals surface area (Å²) >= 11 is 0. The van der Waals surface area contributed by atoms with Crippen LogP contribution in [0.4, 0.5) is 0 Å². The summed E-state index contributed by atoms with van der Waals surface area (Å²) in [5.74, 6) is 1.29. The molecule has 7 heteroatoms. The van der Waals surface area contributed by atoms with Gasteiger partial charge in [0.25, 0.3) is 5.91 Å². The van der Waals surface area contributed by atoms with E-state index in [9.17, 15) is 19.5 Å². The van der Waals surface area contributed by atoms with Gasteiger partial charge in [-0.2, -0.15) is 0 Å². The number of aliphatic hydroxyl groups excluding tert-OH is 1. The molecule has 0 aromatic heterocycles. The summed E-state index contributed by atoms with van der Waals surface area (Å²) < 4.78 is 0. The number of carboxylic acids is 1. The summed E-state index contributed by atoms with van der Waals surface area (Å²) in [6.45, 7) is 19.7. The lowest BCUT2D eigenvalue weighted by Gasteiger charge is -2.72. The average Bonchev–Trinajstić information content (AvgIpc) is 3.45. The van der Waals surface area contributed by atoms with Crippen molar-refractivity contribution in [1.82, 2.24) is 10.6 Å². The Bertz CT molecular complexity index is 1490. The van der Waals surface area contributed by atoms with Crippen molar-refractivity contribution in [2.24, 2.45) is 56.7 Å². The Morgan fingerprint density at radius 2 is 1.61 bits per heavy atom. The highest BCUT2D eigenvalue weighted by Crippen LogP contribution is 2.77. The number of carbonyl (C=O) groups is 3. The standard InChI is InChI=1S/C42H62N2O5/c1-26(2)29-13-20-42(37(49)44-23-16-27-9-8-10-28(25-27)36(48)43-24-17-34(46)47)22-21-40(6)30(35(29)42)11-12-32-39(5)18-15-33(45)38(3,4)31(39)14-19-41(32,40)7/h8-10,25,29-33,35,45H,1,11-24H2,2-7H3,(H,43,48)(H,44,49)(H,46,47)/t29?,30?,31?,32?,33?,35?,39?,40-,41?,42?/m1/s1. The molecule has 6 rings (SSSR count). The number of benzene rings is 1. The van der Waals surface area contributed by atoms with Gasteiger partial charge in [-0.15, -0.1) is 0 Å². The predicted octanol–water partition coefficient (Wildman–Crippen LogP) is 7.57. The molecule has 2 amide bonds. The van der Waals surface area contributed by atoms with Crippen molar-refractivity contribution in [2.75, 3.05) is 13.1 Å². The molecule has 10 atom stereocenters. The highest BCUT2D eigenvalue weighted by molar-refractivity contribution is 5.94. The van der Waals surface area contributed by atoms with Crippen molar-refractivity contribution in [1.29, 1.82) is 0 Å². The summed E-state index contributed by atoms with van der Waals surface area (Å²) in [6.07, 6.45) is 11.1. The normalized spacial score (nSPS) is 40.6. The molecule has 0 saturated heterocycles. The molecule has 9 unspecified atom stereocenters. The third kappa shape index (κ3) is 5.69. The Labute approximate surface area is 294 Å². The van der Waals surface area contributed by atoms with Gasteiger partial charge in [0.1, 0.15) is 0 Å². The van der Waals surface area contributed by atoms with E-state index >= 15 is 0 Å². The number of carbonyl (C=O) groups excluding carboxylic acids is 2. The van der Waals surface area contributed by atoms with Gasteiger partial charge in [0.15, 0.2) is 0 Å². The monoisotopic (exact) mass is 674 g/mol. The maximum Gasteiger partial charge on any atom is 0.305 e. The molecule has 0 radical (unpaired) electrons. The van der Waals surface area contributed by atoms with Crippen LogP contribution in [0, 0.1) is 56.7 Å². The molecule has 0 aliphatic heterocycles. The number of allylic oxidation sites excluding steroid dienone is 1. The quantitative estimate of drug-likeness (QED) is 0.202. The van der Waals surface area contributed by atoms with Crippen LogP contribution in [0.3, 0.4) is 0 Å². The van der Waals surface area contributed by atoms with Crippen LogP contribution in [-0.2, 0) is 16.0 Å². The smallest absolute Gasteiger partial charge is 0.305 e. The first kappa shape index (κ1) is 36.1. The zero-order valence-electron chi connectivity index (χ0n) is 31.0. The molecule has 5 fully saturated rings. The van der Waals surface area contributed by atoms with Gasteiger partial charge in [-0.05, 0) is 146 Å². The Hall–Kier alpha value is -2.67. The molecule has 1 aromatic rings. The maximum absolute atomic E-state index is 14.5. The minimum absolute atomic E-state index is 0.0575. The number of carboxylic acid groups (broad SMARTS) is 1. The number of nitrogens with one attached hydrogen (secondary N) is 2. The second-order valence-corrected chi connectivity index (χ2v) is 18.3. The van der Waals surface area contributed by atoms with E-state index in [0.717, 1.165) is 44.1 Å². The highest BCUT2D eigenvalue weighted by Gasteiger charge is 2.71. The van der Waals surface area contributed by atoms with Crippen molar-refractivity contribution < 1.29 is 24.6 Å². The molecule has 49 heavy (non-hydrogen) atoms.